The minimum Gasteiger partial charge on any atom is -0.472 e. The SMILES string of the molecule is COCc1nnn2c1COC1(CCN(C(=O)c3ccoc3)CC1)C2. The Kier molecular flexibility index (Phi) is 3.85. The van der Waals surface area contributed by atoms with Gasteiger partial charge in [-0.3, -0.25) is 4.79 Å². The van der Waals surface area contributed by atoms with Crippen LogP contribution in [0.5, 0.6) is 0 Å². The highest BCUT2D eigenvalue weighted by molar-refractivity contribution is 5.93. The molecule has 8 nitrogen and oxygen atoms in total. The van der Waals surface area contributed by atoms with Crippen LogP contribution in [0.25, 0.3) is 0 Å². The minimum atomic E-state index is -0.266. The van der Waals surface area contributed by atoms with Gasteiger partial charge in [0.25, 0.3) is 5.91 Å². The molecule has 1 saturated heterocycles. The first kappa shape index (κ1) is 15.3. The molecule has 0 atom stereocenters. The number of furan rings is 1. The molecule has 2 aliphatic rings. The number of carbonyl (C=O) groups is 1. The van der Waals surface area contributed by atoms with E-state index in [4.69, 9.17) is 13.9 Å². The second-order valence-electron chi connectivity index (χ2n) is 6.35. The molecule has 2 aromatic heterocycles. The van der Waals surface area contributed by atoms with Gasteiger partial charge in [0.15, 0.2) is 0 Å². The Morgan fingerprint density at radius 2 is 2.25 bits per heavy atom. The zero-order chi connectivity index (χ0) is 16.6. The predicted molar refractivity (Wildman–Crippen MR) is 82.1 cm³/mol. The summed E-state index contributed by atoms with van der Waals surface area (Å²) < 4.78 is 18.2. The van der Waals surface area contributed by atoms with E-state index in [1.165, 1.54) is 12.5 Å². The van der Waals surface area contributed by atoms with Gasteiger partial charge >= 0.3 is 0 Å². The average molecular weight is 332 g/mol. The third-order valence-corrected chi connectivity index (χ3v) is 4.88. The molecule has 1 spiro atoms. The van der Waals surface area contributed by atoms with Gasteiger partial charge in [0.2, 0.25) is 0 Å². The number of ether oxygens (including phenoxy) is 2. The summed E-state index contributed by atoms with van der Waals surface area (Å²) in [5.74, 6) is 0.0123. The average Bonchev–Trinajstić information content (AvgIpc) is 3.25. The van der Waals surface area contributed by atoms with Crippen molar-refractivity contribution in [2.75, 3.05) is 20.2 Å². The number of methoxy groups -OCH3 is 1. The lowest BCUT2D eigenvalue weighted by molar-refractivity contribution is -0.120. The number of hydrogen-bond acceptors (Lipinski definition) is 6. The van der Waals surface area contributed by atoms with Gasteiger partial charge < -0.3 is 18.8 Å². The van der Waals surface area contributed by atoms with E-state index in [0.29, 0.717) is 38.4 Å². The maximum Gasteiger partial charge on any atom is 0.257 e. The molecule has 24 heavy (non-hydrogen) atoms. The van der Waals surface area contributed by atoms with Gasteiger partial charge in [-0.05, 0) is 18.9 Å². The molecule has 0 saturated carbocycles. The molecular formula is C16H20N4O4. The van der Waals surface area contributed by atoms with Crippen molar-refractivity contribution in [1.82, 2.24) is 19.9 Å². The Morgan fingerprint density at radius 1 is 1.42 bits per heavy atom. The maximum atomic E-state index is 12.4. The number of likely N-dealkylation sites (tertiary alicyclic amines) is 1. The highest BCUT2D eigenvalue weighted by atomic mass is 16.5. The summed E-state index contributed by atoms with van der Waals surface area (Å²) in [7, 11) is 1.64. The van der Waals surface area contributed by atoms with Crippen molar-refractivity contribution in [2.24, 2.45) is 0 Å². The van der Waals surface area contributed by atoms with E-state index in [1.807, 2.05) is 9.58 Å². The molecule has 0 bridgehead atoms. The molecule has 128 valence electrons. The summed E-state index contributed by atoms with van der Waals surface area (Å²) in [6.45, 7) is 2.94. The zero-order valence-corrected chi connectivity index (χ0v) is 13.6. The van der Waals surface area contributed by atoms with Crippen molar-refractivity contribution in [1.29, 1.82) is 0 Å². The van der Waals surface area contributed by atoms with Crippen molar-refractivity contribution in [3.63, 3.8) is 0 Å². The standard InChI is InChI=1S/C16H20N4O4/c1-22-9-13-14-10-24-16(11-20(14)18-17-13)3-5-19(6-4-16)15(21)12-2-7-23-8-12/h2,7-8H,3-6,9-11H2,1H3. The number of nitrogens with zero attached hydrogens (tertiary/aromatic N) is 4. The van der Waals surface area contributed by atoms with Crippen molar-refractivity contribution in [3.8, 4) is 0 Å². The van der Waals surface area contributed by atoms with Crippen molar-refractivity contribution in [3.05, 3.63) is 35.5 Å². The van der Waals surface area contributed by atoms with Crippen molar-refractivity contribution >= 4 is 5.91 Å². The largest absolute Gasteiger partial charge is 0.472 e. The zero-order valence-electron chi connectivity index (χ0n) is 13.6. The molecule has 0 N–H and O–H groups in total. The van der Waals surface area contributed by atoms with Crippen LogP contribution in [-0.4, -0.2) is 51.6 Å². The van der Waals surface area contributed by atoms with Crippen LogP contribution in [0.15, 0.2) is 23.0 Å². The van der Waals surface area contributed by atoms with E-state index >= 15 is 0 Å². The summed E-state index contributed by atoms with van der Waals surface area (Å²) in [4.78, 5) is 14.2. The lowest BCUT2D eigenvalue weighted by atomic mass is 9.89. The molecule has 0 radical (unpaired) electrons. The summed E-state index contributed by atoms with van der Waals surface area (Å²) in [5.41, 5.74) is 2.15. The molecule has 8 heteroatoms. The fourth-order valence-corrected chi connectivity index (χ4v) is 3.43. The smallest absolute Gasteiger partial charge is 0.257 e. The lowest BCUT2D eigenvalue weighted by Gasteiger charge is -2.43. The Bertz CT molecular complexity index is 717. The number of carbonyl (C=O) groups excluding carboxylic acids is 1. The molecule has 1 amide bonds. The molecule has 2 aliphatic heterocycles. The Labute approximate surface area is 139 Å². The first-order valence-electron chi connectivity index (χ1n) is 8.06. The normalized spacial score (nSPS) is 19.5. The van der Waals surface area contributed by atoms with Gasteiger partial charge in [0.05, 0.1) is 42.9 Å². The number of piperidine rings is 1. The van der Waals surface area contributed by atoms with Gasteiger partial charge in [-0.1, -0.05) is 5.21 Å². The Morgan fingerprint density at radius 3 is 2.96 bits per heavy atom. The van der Waals surface area contributed by atoms with Crippen LogP contribution in [0.2, 0.25) is 0 Å². The van der Waals surface area contributed by atoms with E-state index in [-0.39, 0.29) is 11.5 Å². The third kappa shape index (κ3) is 2.61. The first-order chi connectivity index (χ1) is 11.7. The Balaban J connectivity index is 1.43. The van der Waals surface area contributed by atoms with Gasteiger partial charge in [-0.2, -0.15) is 0 Å². The van der Waals surface area contributed by atoms with Crippen LogP contribution in [-0.2, 0) is 29.2 Å². The third-order valence-electron chi connectivity index (χ3n) is 4.88. The molecule has 2 aromatic rings. The molecular weight excluding hydrogens is 312 g/mol. The number of amides is 1. The van der Waals surface area contributed by atoms with Crippen LogP contribution < -0.4 is 0 Å². The lowest BCUT2D eigenvalue weighted by Crippen LogP contribution is -2.52. The van der Waals surface area contributed by atoms with E-state index in [1.54, 1.807) is 13.2 Å². The summed E-state index contributed by atoms with van der Waals surface area (Å²) >= 11 is 0. The van der Waals surface area contributed by atoms with E-state index < -0.39 is 0 Å². The van der Waals surface area contributed by atoms with Gasteiger partial charge in [0, 0.05) is 20.2 Å². The van der Waals surface area contributed by atoms with Crippen LogP contribution >= 0.6 is 0 Å². The Hall–Kier alpha value is -2.19. The molecule has 0 aromatic carbocycles. The summed E-state index contributed by atoms with van der Waals surface area (Å²) in [6, 6.07) is 1.70. The molecule has 1 fully saturated rings. The molecule has 4 heterocycles. The monoisotopic (exact) mass is 332 g/mol. The van der Waals surface area contributed by atoms with Crippen molar-refractivity contribution < 1.29 is 18.7 Å². The highest BCUT2D eigenvalue weighted by Gasteiger charge is 2.41. The van der Waals surface area contributed by atoms with Crippen LogP contribution in [0, 0.1) is 0 Å². The quantitative estimate of drug-likeness (QED) is 0.840. The van der Waals surface area contributed by atoms with E-state index in [2.05, 4.69) is 10.3 Å². The van der Waals surface area contributed by atoms with Crippen LogP contribution in [0.1, 0.15) is 34.6 Å². The van der Waals surface area contributed by atoms with E-state index in [0.717, 1.165) is 24.2 Å². The second kappa shape index (κ2) is 6.03. The topological polar surface area (TPSA) is 82.6 Å². The van der Waals surface area contributed by atoms with Gasteiger partial charge in [0.1, 0.15) is 12.0 Å². The maximum absolute atomic E-state index is 12.4. The molecule has 0 unspecified atom stereocenters. The minimum absolute atomic E-state index is 0.0123. The summed E-state index contributed by atoms with van der Waals surface area (Å²) in [6.07, 6.45) is 4.58. The van der Waals surface area contributed by atoms with Crippen LogP contribution in [0.4, 0.5) is 0 Å². The van der Waals surface area contributed by atoms with Gasteiger partial charge in [-0.15, -0.1) is 5.10 Å². The van der Waals surface area contributed by atoms with Gasteiger partial charge in [-0.25, -0.2) is 4.68 Å². The fourth-order valence-electron chi connectivity index (χ4n) is 3.43. The fraction of sp³-hybridized carbons (Fsp3) is 0.562. The number of rotatable bonds is 3. The van der Waals surface area contributed by atoms with Crippen molar-refractivity contribution in [2.45, 2.75) is 38.2 Å². The second-order valence-corrected chi connectivity index (χ2v) is 6.35. The molecule has 4 rings (SSSR count). The molecule has 0 aliphatic carbocycles. The van der Waals surface area contributed by atoms with E-state index in [9.17, 15) is 4.79 Å². The predicted octanol–water partition coefficient (Wildman–Crippen LogP) is 1.22. The number of fused-ring (bicyclic) bond motifs is 1. The summed E-state index contributed by atoms with van der Waals surface area (Å²) in [5, 5.41) is 8.41. The van der Waals surface area contributed by atoms with Crippen LogP contribution in [0.3, 0.4) is 0 Å². The highest BCUT2D eigenvalue weighted by Crippen LogP contribution is 2.33. The first-order valence-corrected chi connectivity index (χ1v) is 8.06. The number of aromatic nitrogens is 3. The number of hydrogen-bond donors (Lipinski definition) is 0.